The highest BCUT2D eigenvalue weighted by molar-refractivity contribution is 5.79. The molecule has 1 atom stereocenters. The minimum absolute atomic E-state index is 0.284. The number of ether oxygens (including phenoxy) is 1. The lowest BCUT2D eigenvalue weighted by atomic mass is 10.1. The van der Waals surface area contributed by atoms with Gasteiger partial charge >= 0.3 is 0 Å². The van der Waals surface area contributed by atoms with Gasteiger partial charge in [-0.25, -0.2) is 4.99 Å². The number of hydrogen-bond acceptors (Lipinski definition) is 4. The fourth-order valence-corrected chi connectivity index (χ4v) is 4.63. The fourth-order valence-electron chi connectivity index (χ4n) is 4.63. The number of aliphatic imine (C=N–C) groups is 1. The van der Waals surface area contributed by atoms with Crippen LogP contribution in [0.15, 0.2) is 29.3 Å². The Bertz CT molecular complexity index is 885. The topological polar surface area (TPSA) is 66.7 Å². The summed E-state index contributed by atoms with van der Waals surface area (Å²) in [4.78, 5) is 7.50. The molecule has 0 aliphatic carbocycles. The van der Waals surface area contributed by atoms with Gasteiger partial charge in [-0.3, -0.25) is 9.58 Å². The van der Waals surface area contributed by atoms with Crippen LogP contribution in [0.1, 0.15) is 62.2 Å². The van der Waals surface area contributed by atoms with Crippen molar-refractivity contribution in [3.63, 3.8) is 0 Å². The van der Waals surface area contributed by atoms with E-state index in [0.29, 0.717) is 6.54 Å². The Balaban J connectivity index is 1.77. The second kappa shape index (κ2) is 11.9. The second-order valence-corrected chi connectivity index (χ2v) is 8.31. The molecule has 1 aliphatic heterocycles. The van der Waals surface area contributed by atoms with E-state index in [0.717, 1.165) is 56.4 Å². The van der Waals surface area contributed by atoms with Crippen LogP contribution < -0.4 is 15.4 Å². The van der Waals surface area contributed by atoms with Gasteiger partial charge in [0.05, 0.1) is 25.4 Å². The van der Waals surface area contributed by atoms with Gasteiger partial charge in [0.25, 0.3) is 0 Å². The van der Waals surface area contributed by atoms with Crippen LogP contribution in [-0.2, 0) is 26.4 Å². The van der Waals surface area contributed by atoms with Crippen molar-refractivity contribution in [2.24, 2.45) is 12.0 Å². The smallest absolute Gasteiger partial charge is 0.191 e. The molecule has 0 saturated carbocycles. The van der Waals surface area contributed by atoms with Gasteiger partial charge in [0.1, 0.15) is 5.75 Å². The van der Waals surface area contributed by atoms with E-state index in [9.17, 15) is 0 Å². The van der Waals surface area contributed by atoms with Crippen molar-refractivity contribution in [2.45, 2.75) is 59.0 Å². The first-order valence-electron chi connectivity index (χ1n) is 12.0. The number of likely N-dealkylation sites (tertiary alicyclic amines) is 1. The van der Waals surface area contributed by atoms with E-state index in [1.807, 2.05) is 17.8 Å². The third-order valence-corrected chi connectivity index (χ3v) is 6.29. The Hall–Kier alpha value is -2.54. The van der Waals surface area contributed by atoms with E-state index in [-0.39, 0.29) is 6.04 Å². The Labute approximate surface area is 193 Å². The molecule has 1 fully saturated rings. The first kappa shape index (κ1) is 24.1. The van der Waals surface area contributed by atoms with Crippen LogP contribution in [-0.4, -0.2) is 53.9 Å². The minimum atomic E-state index is 0.284. The number of nitrogens with zero attached hydrogens (tertiary/aromatic N) is 4. The van der Waals surface area contributed by atoms with Crippen LogP contribution in [0.4, 0.5) is 0 Å². The van der Waals surface area contributed by atoms with E-state index in [4.69, 9.17) is 14.8 Å². The number of aromatic nitrogens is 2. The van der Waals surface area contributed by atoms with E-state index in [2.05, 4.69) is 54.5 Å². The third-order valence-electron chi connectivity index (χ3n) is 6.29. The molecule has 1 unspecified atom stereocenters. The molecule has 2 aromatic rings. The van der Waals surface area contributed by atoms with Crippen LogP contribution >= 0.6 is 0 Å². The van der Waals surface area contributed by atoms with E-state index in [1.54, 1.807) is 7.11 Å². The third kappa shape index (κ3) is 5.82. The molecule has 3 rings (SSSR count). The summed E-state index contributed by atoms with van der Waals surface area (Å²) in [7, 11) is 3.76. The molecule has 32 heavy (non-hydrogen) atoms. The Morgan fingerprint density at radius 3 is 2.59 bits per heavy atom. The highest BCUT2D eigenvalue weighted by Gasteiger charge is 2.24. The predicted octanol–water partition coefficient (Wildman–Crippen LogP) is 3.45. The quantitative estimate of drug-likeness (QED) is 0.438. The second-order valence-electron chi connectivity index (χ2n) is 8.31. The van der Waals surface area contributed by atoms with Gasteiger partial charge in [-0.15, -0.1) is 0 Å². The van der Waals surface area contributed by atoms with Crippen LogP contribution in [0, 0.1) is 0 Å². The lowest BCUT2D eigenvalue weighted by molar-refractivity contribution is 0.245. The maximum Gasteiger partial charge on any atom is 0.191 e. The largest absolute Gasteiger partial charge is 0.497 e. The lowest BCUT2D eigenvalue weighted by Gasteiger charge is -2.29. The summed E-state index contributed by atoms with van der Waals surface area (Å²) in [6.45, 7) is 11.0. The maximum atomic E-state index is 5.48. The van der Waals surface area contributed by atoms with E-state index in [1.165, 1.54) is 29.7 Å². The fraction of sp³-hybridized carbons (Fsp3) is 0.600. The molecule has 1 aliphatic rings. The zero-order chi connectivity index (χ0) is 22.9. The molecule has 7 heteroatoms. The standard InChI is InChI=1S/C25H40N6O/c1-6-22-21(23(7-2)30(4)29-22)17-27-25(26-8-3)28-18-24(31-14-9-10-15-31)19-12-11-13-20(16-19)32-5/h11-13,16,24H,6-10,14-15,17-18H2,1-5H3,(H2,26,27,28). The molecule has 2 N–H and O–H groups in total. The zero-order valence-corrected chi connectivity index (χ0v) is 20.4. The minimum Gasteiger partial charge on any atom is -0.497 e. The summed E-state index contributed by atoms with van der Waals surface area (Å²) >= 11 is 0. The van der Waals surface area contributed by atoms with Crippen LogP contribution in [0.5, 0.6) is 5.75 Å². The van der Waals surface area contributed by atoms with E-state index < -0.39 is 0 Å². The van der Waals surface area contributed by atoms with Gasteiger partial charge in [-0.2, -0.15) is 5.10 Å². The molecule has 2 heterocycles. The molecule has 0 amide bonds. The summed E-state index contributed by atoms with van der Waals surface area (Å²) in [6, 6.07) is 8.73. The SMILES string of the molecule is CCNC(=NCc1c(CC)nn(C)c1CC)NCC(c1cccc(OC)c1)N1CCCC1. The summed E-state index contributed by atoms with van der Waals surface area (Å²) in [5.74, 6) is 1.76. The zero-order valence-electron chi connectivity index (χ0n) is 20.4. The average Bonchev–Trinajstić information content (AvgIpc) is 3.45. The molecule has 0 spiro atoms. The summed E-state index contributed by atoms with van der Waals surface area (Å²) in [5.41, 5.74) is 4.96. The van der Waals surface area contributed by atoms with Crippen LogP contribution in [0.25, 0.3) is 0 Å². The van der Waals surface area contributed by atoms with Gasteiger partial charge in [0.2, 0.25) is 0 Å². The molecule has 1 aromatic heterocycles. The lowest BCUT2D eigenvalue weighted by Crippen LogP contribution is -2.42. The average molecular weight is 441 g/mol. The monoisotopic (exact) mass is 440 g/mol. The predicted molar refractivity (Wildman–Crippen MR) is 131 cm³/mol. The van der Waals surface area contributed by atoms with Crippen molar-refractivity contribution in [3.05, 3.63) is 46.8 Å². The number of rotatable bonds is 10. The van der Waals surface area contributed by atoms with Gasteiger partial charge in [-0.05, 0) is 63.4 Å². The molecule has 0 radical (unpaired) electrons. The number of methoxy groups -OCH3 is 1. The number of hydrogen-bond donors (Lipinski definition) is 2. The van der Waals surface area contributed by atoms with Gasteiger partial charge in [-0.1, -0.05) is 26.0 Å². The Kier molecular flexibility index (Phi) is 8.97. The van der Waals surface area contributed by atoms with Gasteiger partial charge in [0, 0.05) is 31.4 Å². The normalized spacial score (nSPS) is 15.7. The van der Waals surface area contributed by atoms with Crippen molar-refractivity contribution in [1.82, 2.24) is 25.3 Å². The first-order chi connectivity index (χ1) is 15.6. The highest BCUT2D eigenvalue weighted by atomic mass is 16.5. The van der Waals surface area contributed by atoms with Gasteiger partial charge < -0.3 is 15.4 Å². The van der Waals surface area contributed by atoms with Crippen LogP contribution in [0.2, 0.25) is 0 Å². The van der Waals surface area contributed by atoms with Crippen molar-refractivity contribution in [1.29, 1.82) is 0 Å². The van der Waals surface area contributed by atoms with Crippen LogP contribution in [0.3, 0.4) is 0 Å². The molecule has 176 valence electrons. The Morgan fingerprint density at radius 1 is 1.16 bits per heavy atom. The molecular weight excluding hydrogens is 400 g/mol. The Morgan fingerprint density at radius 2 is 1.94 bits per heavy atom. The number of benzene rings is 1. The van der Waals surface area contributed by atoms with Crippen molar-refractivity contribution in [2.75, 3.05) is 33.3 Å². The summed E-state index contributed by atoms with van der Waals surface area (Å²) < 4.78 is 7.49. The molecule has 7 nitrogen and oxygen atoms in total. The molecule has 1 saturated heterocycles. The van der Waals surface area contributed by atoms with Crippen molar-refractivity contribution in [3.8, 4) is 5.75 Å². The highest BCUT2D eigenvalue weighted by Crippen LogP contribution is 2.27. The molecule has 0 bridgehead atoms. The summed E-state index contributed by atoms with van der Waals surface area (Å²) in [5, 5.41) is 11.7. The summed E-state index contributed by atoms with van der Waals surface area (Å²) in [6.07, 6.45) is 4.41. The molecule has 1 aromatic carbocycles. The number of nitrogens with one attached hydrogen (secondary N) is 2. The van der Waals surface area contributed by atoms with Crippen molar-refractivity contribution >= 4 is 5.96 Å². The van der Waals surface area contributed by atoms with E-state index >= 15 is 0 Å². The van der Waals surface area contributed by atoms with Crippen molar-refractivity contribution < 1.29 is 4.74 Å². The molecular formula is C25H40N6O. The maximum absolute atomic E-state index is 5.48. The number of aryl methyl sites for hydroxylation is 2. The van der Waals surface area contributed by atoms with Gasteiger partial charge in [0.15, 0.2) is 5.96 Å². The number of guanidine groups is 1. The first-order valence-corrected chi connectivity index (χ1v) is 12.0.